The Labute approximate surface area is 80.9 Å². The Hall–Kier alpha value is -1.23. The van der Waals surface area contributed by atoms with Crippen molar-refractivity contribution in [3.05, 3.63) is 23.0 Å². The van der Waals surface area contributed by atoms with Crippen LogP contribution in [0.3, 0.4) is 0 Å². The third-order valence-electron chi connectivity index (χ3n) is 1.99. The second-order valence-electron chi connectivity index (χ2n) is 2.84. The Morgan fingerprint density at radius 2 is 2.21 bits per heavy atom. The lowest BCUT2D eigenvalue weighted by Crippen LogP contribution is -2.07. The first-order valence-corrected chi connectivity index (χ1v) is 4.12. The maximum absolute atomic E-state index is 12.5. The van der Waals surface area contributed by atoms with Gasteiger partial charge in [-0.2, -0.15) is 0 Å². The highest BCUT2D eigenvalue weighted by Gasteiger charge is 2.19. The number of alkyl halides is 2. The van der Waals surface area contributed by atoms with E-state index in [1.54, 1.807) is 6.92 Å². The molecule has 0 spiro atoms. The lowest BCUT2D eigenvalue weighted by molar-refractivity contribution is 0.141. The van der Waals surface area contributed by atoms with Crippen LogP contribution < -0.4 is 10.5 Å². The third kappa shape index (κ3) is 1.82. The van der Waals surface area contributed by atoms with E-state index >= 15 is 0 Å². The van der Waals surface area contributed by atoms with E-state index in [0.717, 1.165) is 5.56 Å². The van der Waals surface area contributed by atoms with Gasteiger partial charge in [0, 0.05) is 18.3 Å². The zero-order chi connectivity index (χ0) is 10.7. The molecule has 0 aliphatic heterocycles. The molecule has 1 aromatic heterocycles. The van der Waals surface area contributed by atoms with E-state index in [4.69, 9.17) is 10.5 Å². The summed E-state index contributed by atoms with van der Waals surface area (Å²) in [5, 5.41) is 0. The predicted octanol–water partition coefficient (Wildman–Crippen LogP) is 1.79. The average Bonchev–Trinajstić information content (AvgIpc) is 2.16. The maximum Gasteiger partial charge on any atom is 0.284 e. The fourth-order valence-corrected chi connectivity index (χ4v) is 1.27. The van der Waals surface area contributed by atoms with Crippen molar-refractivity contribution in [1.82, 2.24) is 4.98 Å². The molecule has 0 radical (unpaired) electrons. The summed E-state index contributed by atoms with van der Waals surface area (Å²) in [6.07, 6.45) is -1.26. The maximum atomic E-state index is 12.5. The lowest BCUT2D eigenvalue weighted by Gasteiger charge is -2.13. The second kappa shape index (κ2) is 4.32. The summed E-state index contributed by atoms with van der Waals surface area (Å²) in [5.41, 5.74) is 6.43. The molecular formula is C9H12F2N2O. The largest absolute Gasteiger partial charge is 0.494 e. The lowest BCUT2D eigenvalue weighted by atomic mass is 10.1. The van der Waals surface area contributed by atoms with E-state index in [1.165, 1.54) is 13.3 Å². The molecular weight excluding hydrogens is 190 g/mol. The molecule has 1 aromatic rings. The minimum atomic E-state index is -2.64. The van der Waals surface area contributed by atoms with Gasteiger partial charge in [0.15, 0.2) is 5.75 Å². The van der Waals surface area contributed by atoms with Crippen molar-refractivity contribution < 1.29 is 13.5 Å². The van der Waals surface area contributed by atoms with Gasteiger partial charge in [0.25, 0.3) is 6.43 Å². The zero-order valence-electron chi connectivity index (χ0n) is 8.05. The Morgan fingerprint density at radius 1 is 1.57 bits per heavy atom. The molecule has 2 N–H and O–H groups in total. The molecule has 0 amide bonds. The van der Waals surface area contributed by atoms with Gasteiger partial charge in [0.2, 0.25) is 0 Å². The summed E-state index contributed by atoms with van der Waals surface area (Å²) in [6.45, 7) is 1.92. The first-order chi connectivity index (χ1) is 6.61. The summed E-state index contributed by atoms with van der Waals surface area (Å²) < 4.78 is 29.8. The van der Waals surface area contributed by atoms with Gasteiger partial charge in [-0.05, 0) is 12.5 Å². The van der Waals surface area contributed by atoms with Gasteiger partial charge in [-0.15, -0.1) is 0 Å². The molecule has 0 aliphatic carbocycles. The van der Waals surface area contributed by atoms with E-state index < -0.39 is 6.43 Å². The van der Waals surface area contributed by atoms with Crippen LogP contribution >= 0.6 is 0 Å². The Bertz CT molecular complexity index is 329. The number of ether oxygens (including phenoxy) is 1. The molecule has 0 bridgehead atoms. The second-order valence-corrected chi connectivity index (χ2v) is 2.84. The number of pyridine rings is 1. The zero-order valence-corrected chi connectivity index (χ0v) is 8.05. The van der Waals surface area contributed by atoms with Crippen LogP contribution in [-0.4, -0.2) is 12.1 Å². The number of halogens is 2. The van der Waals surface area contributed by atoms with Crippen LogP contribution in [0.4, 0.5) is 8.78 Å². The number of nitrogens with zero attached hydrogens (tertiary/aromatic N) is 1. The molecule has 0 unspecified atom stereocenters. The van der Waals surface area contributed by atoms with Crippen LogP contribution in [0.15, 0.2) is 6.20 Å². The van der Waals surface area contributed by atoms with E-state index in [-0.39, 0.29) is 18.0 Å². The van der Waals surface area contributed by atoms with Gasteiger partial charge >= 0.3 is 0 Å². The fraction of sp³-hybridized carbons (Fsp3) is 0.444. The van der Waals surface area contributed by atoms with Crippen molar-refractivity contribution in [1.29, 1.82) is 0 Å². The van der Waals surface area contributed by atoms with E-state index in [0.29, 0.717) is 5.56 Å². The molecule has 0 atom stereocenters. The van der Waals surface area contributed by atoms with E-state index in [2.05, 4.69) is 4.98 Å². The van der Waals surface area contributed by atoms with Gasteiger partial charge in [-0.3, -0.25) is 4.98 Å². The molecule has 0 aromatic carbocycles. The van der Waals surface area contributed by atoms with Crippen molar-refractivity contribution >= 4 is 0 Å². The minimum Gasteiger partial charge on any atom is -0.494 e. The normalized spacial score (nSPS) is 10.7. The highest BCUT2D eigenvalue weighted by Crippen LogP contribution is 2.31. The Balaban J connectivity index is 3.33. The Kier molecular flexibility index (Phi) is 3.35. The van der Waals surface area contributed by atoms with Crippen molar-refractivity contribution in [2.45, 2.75) is 19.9 Å². The SMILES string of the molecule is COc1c(C(F)F)ncc(C)c1CN. The highest BCUT2D eigenvalue weighted by atomic mass is 19.3. The summed E-state index contributed by atoms with van der Waals surface area (Å²) in [7, 11) is 1.33. The standard InChI is InChI=1S/C9H12F2N2O/c1-5-4-13-7(9(10)11)8(14-2)6(5)3-12/h4,9H,3,12H2,1-2H3. The van der Waals surface area contributed by atoms with Gasteiger partial charge < -0.3 is 10.5 Å². The molecule has 3 nitrogen and oxygen atoms in total. The first-order valence-electron chi connectivity index (χ1n) is 4.12. The molecule has 0 saturated carbocycles. The predicted molar refractivity (Wildman–Crippen MR) is 48.4 cm³/mol. The van der Waals surface area contributed by atoms with E-state index in [9.17, 15) is 8.78 Å². The fourth-order valence-electron chi connectivity index (χ4n) is 1.27. The molecule has 1 rings (SSSR count). The third-order valence-corrected chi connectivity index (χ3v) is 1.99. The molecule has 0 saturated heterocycles. The van der Waals surface area contributed by atoms with Gasteiger partial charge in [0.05, 0.1) is 7.11 Å². The van der Waals surface area contributed by atoms with Crippen molar-refractivity contribution in [2.24, 2.45) is 5.73 Å². The van der Waals surface area contributed by atoms with Gasteiger partial charge in [-0.1, -0.05) is 0 Å². The molecule has 0 aliphatic rings. The molecule has 14 heavy (non-hydrogen) atoms. The number of nitrogens with two attached hydrogens (primary N) is 1. The monoisotopic (exact) mass is 202 g/mol. The molecule has 0 fully saturated rings. The molecule has 78 valence electrons. The van der Waals surface area contributed by atoms with Crippen LogP contribution in [0.1, 0.15) is 23.2 Å². The van der Waals surface area contributed by atoms with E-state index in [1.807, 2.05) is 0 Å². The number of hydrogen-bond donors (Lipinski definition) is 1. The van der Waals surface area contributed by atoms with Crippen LogP contribution in [0, 0.1) is 6.92 Å². The Morgan fingerprint density at radius 3 is 2.64 bits per heavy atom. The number of methoxy groups -OCH3 is 1. The highest BCUT2D eigenvalue weighted by molar-refractivity contribution is 5.42. The summed E-state index contributed by atoms with van der Waals surface area (Å²) in [5.74, 6) is 0.0995. The summed E-state index contributed by atoms with van der Waals surface area (Å²) in [6, 6.07) is 0. The van der Waals surface area contributed by atoms with Crippen LogP contribution in [0.2, 0.25) is 0 Å². The first kappa shape index (κ1) is 10.8. The number of hydrogen-bond acceptors (Lipinski definition) is 3. The van der Waals surface area contributed by atoms with Crippen LogP contribution in [0.5, 0.6) is 5.75 Å². The molecule has 1 heterocycles. The molecule has 5 heteroatoms. The van der Waals surface area contributed by atoms with Crippen LogP contribution in [-0.2, 0) is 6.54 Å². The van der Waals surface area contributed by atoms with Crippen LogP contribution in [0.25, 0.3) is 0 Å². The number of aromatic nitrogens is 1. The minimum absolute atomic E-state index is 0.0995. The number of rotatable bonds is 3. The topological polar surface area (TPSA) is 48.1 Å². The van der Waals surface area contributed by atoms with Crippen molar-refractivity contribution in [2.75, 3.05) is 7.11 Å². The summed E-state index contributed by atoms with van der Waals surface area (Å²) >= 11 is 0. The van der Waals surface area contributed by atoms with Gasteiger partial charge in [0.1, 0.15) is 5.69 Å². The van der Waals surface area contributed by atoms with Gasteiger partial charge in [-0.25, -0.2) is 8.78 Å². The van der Waals surface area contributed by atoms with Crippen molar-refractivity contribution in [3.63, 3.8) is 0 Å². The summed E-state index contributed by atoms with van der Waals surface area (Å²) in [4.78, 5) is 3.63. The quantitative estimate of drug-likeness (QED) is 0.812. The van der Waals surface area contributed by atoms with Crippen molar-refractivity contribution in [3.8, 4) is 5.75 Å². The smallest absolute Gasteiger partial charge is 0.284 e. The average molecular weight is 202 g/mol. The number of aryl methyl sites for hydroxylation is 1.